The molecule has 1 aliphatic rings. The van der Waals surface area contributed by atoms with Gasteiger partial charge < -0.3 is 25.5 Å². The minimum Gasteiger partial charge on any atom is -0.399 e. The van der Waals surface area contributed by atoms with Crippen LogP contribution in [0.25, 0.3) is 0 Å². The molecule has 1 saturated heterocycles. The van der Waals surface area contributed by atoms with Crippen molar-refractivity contribution in [3.05, 3.63) is 23.8 Å². The number of anilines is 1. The van der Waals surface area contributed by atoms with Crippen LogP contribution in [-0.4, -0.2) is 28.5 Å². The van der Waals surface area contributed by atoms with E-state index in [4.69, 9.17) is 27.3 Å². The summed E-state index contributed by atoms with van der Waals surface area (Å²) in [6.45, 7) is 7.88. The number of aliphatic hydroxyl groups excluding tert-OH is 1. The molecule has 21 heavy (non-hydrogen) atoms. The summed E-state index contributed by atoms with van der Waals surface area (Å²) in [6, 6.07) is 5.52. The van der Waals surface area contributed by atoms with Crippen molar-refractivity contribution in [2.45, 2.75) is 45.5 Å². The molecule has 0 atom stereocenters. The zero-order chi connectivity index (χ0) is 15.8. The van der Waals surface area contributed by atoms with Crippen LogP contribution in [0.1, 0.15) is 33.3 Å². The Labute approximate surface area is 131 Å². The lowest BCUT2D eigenvalue weighted by molar-refractivity contribution is 0.00578. The van der Waals surface area contributed by atoms with Crippen molar-refractivity contribution in [2.24, 2.45) is 5.73 Å². The van der Waals surface area contributed by atoms with Gasteiger partial charge in [0.05, 0.1) is 17.8 Å². The zero-order valence-corrected chi connectivity index (χ0v) is 13.6. The molecule has 0 aliphatic carbocycles. The van der Waals surface area contributed by atoms with Crippen LogP contribution in [0.3, 0.4) is 0 Å². The lowest BCUT2D eigenvalue weighted by Crippen LogP contribution is -2.41. The van der Waals surface area contributed by atoms with E-state index in [9.17, 15) is 5.11 Å². The number of rotatable bonds is 3. The smallest absolute Gasteiger partial charge is 0.399 e. The van der Waals surface area contributed by atoms with Crippen molar-refractivity contribution in [1.29, 1.82) is 0 Å². The predicted molar refractivity (Wildman–Crippen MR) is 88.5 cm³/mol. The number of hydrogen-bond donors (Lipinski definition) is 3. The standard InChI is InChI=1S/C14H21BN2O3S/c1-13(2)14(3,4)20-15(19-13)10-5-6-11(17-12(16)21)9(7-10)8-18/h5-7,18H,8H2,1-4H3,(H3,16,17,21). The molecule has 0 unspecified atom stereocenters. The van der Waals surface area contributed by atoms with E-state index in [1.54, 1.807) is 0 Å². The molecule has 1 aromatic carbocycles. The van der Waals surface area contributed by atoms with Gasteiger partial charge in [-0.2, -0.15) is 0 Å². The maximum absolute atomic E-state index is 9.50. The highest BCUT2D eigenvalue weighted by Gasteiger charge is 2.51. The Morgan fingerprint density at radius 3 is 2.33 bits per heavy atom. The quantitative estimate of drug-likeness (QED) is 0.574. The molecule has 1 heterocycles. The van der Waals surface area contributed by atoms with Crippen LogP contribution in [0, 0.1) is 0 Å². The SMILES string of the molecule is CC1(C)OB(c2ccc(NC(N)=S)c(CO)c2)OC1(C)C. The van der Waals surface area contributed by atoms with E-state index in [2.05, 4.69) is 5.32 Å². The Balaban J connectivity index is 2.28. The molecule has 5 nitrogen and oxygen atoms in total. The van der Waals surface area contributed by atoms with Gasteiger partial charge in [-0.25, -0.2) is 0 Å². The first-order chi connectivity index (χ1) is 9.66. The second kappa shape index (κ2) is 5.57. The highest BCUT2D eigenvalue weighted by atomic mass is 32.1. The lowest BCUT2D eigenvalue weighted by atomic mass is 9.78. The lowest BCUT2D eigenvalue weighted by Gasteiger charge is -2.32. The third-order valence-corrected chi connectivity index (χ3v) is 4.18. The molecule has 0 amide bonds. The first kappa shape index (κ1) is 16.2. The van der Waals surface area contributed by atoms with Gasteiger partial charge in [0.1, 0.15) is 0 Å². The average molecular weight is 308 g/mol. The number of benzene rings is 1. The Morgan fingerprint density at radius 2 is 1.86 bits per heavy atom. The molecule has 114 valence electrons. The van der Waals surface area contributed by atoms with Gasteiger partial charge in [0.2, 0.25) is 0 Å². The first-order valence-corrected chi connectivity index (χ1v) is 7.23. The monoisotopic (exact) mass is 308 g/mol. The van der Waals surface area contributed by atoms with Crippen LogP contribution in [0.4, 0.5) is 5.69 Å². The van der Waals surface area contributed by atoms with E-state index >= 15 is 0 Å². The average Bonchev–Trinajstić information content (AvgIpc) is 2.58. The van der Waals surface area contributed by atoms with Crippen molar-refractivity contribution in [2.75, 3.05) is 5.32 Å². The summed E-state index contributed by atoms with van der Waals surface area (Å²) in [5, 5.41) is 12.5. The molecular weight excluding hydrogens is 287 g/mol. The van der Waals surface area contributed by atoms with Crippen LogP contribution < -0.4 is 16.5 Å². The number of hydrogen-bond acceptors (Lipinski definition) is 4. The van der Waals surface area contributed by atoms with Crippen LogP contribution in [0.5, 0.6) is 0 Å². The van der Waals surface area contributed by atoms with Crippen LogP contribution in [0.2, 0.25) is 0 Å². The third-order valence-electron chi connectivity index (χ3n) is 4.08. The van der Waals surface area contributed by atoms with Gasteiger partial charge >= 0.3 is 7.12 Å². The zero-order valence-electron chi connectivity index (χ0n) is 12.8. The summed E-state index contributed by atoms with van der Waals surface area (Å²) in [5.41, 5.74) is 6.90. The topological polar surface area (TPSA) is 76.7 Å². The summed E-state index contributed by atoms with van der Waals surface area (Å²) in [5.74, 6) is 0. The van der Waals surface area contributed by atoms with Crippen molar-refractivity contribution in [3.63, 3.8) is 0 Å². The van der Waals surface area contributed by atoms with Crippen molar-refractivity contribution in [1.82, 2.24) is 0 Å². The number of nitrogens with two attached hydrogens (primary N) is 1. The molecule has 0 bridgehead atoms. The fourth-order valence-corrected chi connectivity index (χ4v) is 2.23. The van der Waals surface area contributed by atoms with Gasteiger partial charge in [0, 0.05) is 11.3 Å². The van der Waals surface area contributed by atoms with Crippen LogP contribution in [-0.2, 0) is 15.9 Å². The van der Waals surface area contributed by atoms with Gasteiger partial charge in [-0.3, -0.25) is 0 Å². The third kappa shape index (κ3) is 3.21. The van der Waals surface area contributed by atoms with Gasteiger partial charge in [-0.15, -0.1) is 0 Å². The maximum Gasteiger partial charge on any atom is 0.494 e. The number of nitrogens with one attached hydrogen (secondary N) is 1. The Kier molecular flexibility index (Phi) is 4.30. The Hall–Kier alpha value is -1.15. The maximum atomic E-state index is 9.50. The molecule has 0 spiro atoms. The second-order valence-electron chi connectivity index (χ2n) is 6.15. The van der Waals surface area contributed by atoms with Crippen LogP contribution >= 0.6 is 12.2 Å². The molecule has 4 N–H and O–H groups in total. The van der Waals surface area contributed by atoms with E-state index in [1.807, 2.05) is 45.9 Å². The van der Waals surface area contributed by atoms with E-state index in [0.29, 0.717) is 11.3 Å². The molecule has 7 heteroatoms. The van der Waals surface area contributed by atoms with E-state index in [-0.39, 0.29) is 11.7 Å². The number of thiocarbonyl (C=S) groups is 1. The summed E-state index contributed by atoms with van der Waals surface area (Å²) in [7, 11) is -0.459. The highest BCUT2D eigenvalue weighted by Crippen LogP contribution is 2.36. The first-order valence-electron chi connectivity index (χ1n) is 6.82. The second-order valence-corrected chi connectivity index (χ2v) is 6.59. The summed E-state index contributed by atoms with van der Waals surface area (Å²) in [4.78, 5) is 0. The normalized spacial score (nSPS) is 19.6. The molecule has 0 aromatic heterocycles. The molecule has 0 saturated carbocycles. The predicted octanol–water partition coefficient (Wildman–Crippen LogP) is 1.13. The number of aliphatic hydroxyl groups is 1. The molecule has 1 fully saturated rings. The van der Waals surface area contributed by atoms with Gasteiger partial charge in [-0.1, -0.05) is 12.1 Å². The van der Waals surface area contributed by atoms with E-state index < -0.39 is 18.3 Å². The minimum absolute atomic E-state index is 0.127. The molecule has 1 aliphatic heterocycles. The fraction of sp³-hybridized carbons (Fsp3) is 0.500. The summed E-state index contributed by atoms with van der Waals surface area (Å²) in [6.07, 6.45) is 0. The Bertz CT molecular complexity index is 547. The van der Waals surface area contributed by atoms with Gasteiger partial charge in [-0.05, 0) is 51.4 Å². The molecule has 0 radical (unpaired) electrons. The molecule has 2 rings (SSSR count). The molecular formula is C14H21BN2O3S. The van der Waals surface area contributed by atoms with E-state index in [0.717, 1.165) is 5.46 Å². The van der Waals surface area contributed by atoms with Gasteiger partial charge in [0.25, 0.3) is 0 Å². The Morgan fingerprint density at radius 1 is 1.29 bits per heavy atom. The molecule has 1 aromatic rings. The summed E-state index contributed by atoms with van der Waals surface area (Å²) < 4.78 is 12.0. The van der Waals surface area contributed by atoms with Crippen molar-refractivity contribution in [3.8, 4) is 0 Å². The fourth-order valence-electron chi connectivity index (χ4n) is 2.12. The van der Waals surface area contributed by atoms with Gasteiger partial charge in [0.15, 0.2) is 5.11 Å². The van der Waals surface area contributed by atoms with Crippen molar-refractivity contribution < 1.29 is 14.4 Å². The highest BCUT2D eigenvalue weighted by molar-refractivity contribution is 7.80. The van der Waals surface area contributed by atoms with Crippen molar-refractivity contribution >= 4 is 35.6 Å². The summed E-state index contributed by atoms with van der Waals surface area (Å²) >= 11 is 4.82. The minimum atomic E-state index is -0.459. The largest absolute Gasteiger partial charge is 0.494 e. The van der Waals surface area contributed by atoms with Crippen LogP contribution in [0.15, 0.2) is 18.2 Å². The van der Waals surface area contributed by atoms with E-state index in [1.165, 1.54) is 0 Å².